The van der Waals surface area contributed by atoms with Crippen LogP contribution in [0.2, 0.25) is 0 Å². The Bertz CT molecular complexity index is 796. The summed E-state index contributed by atoms with van der Waals surface area (Å²) >= 11 is 0. The Labute approximate surface area is 158 Å². The summed E-state index contributed by atoms with van der Waals surface area (Å²) in [5.41, 5.74) is 1.16. The van der Waals surface area contributed by atoms with Crippen LogP contribution >= 0.6 is 0 Å². The second-order valence-electron chi connectivity index (χ2n) is 6.72. The number of likely N-dealkylation sites (tertiary alicyclic amines) is 1. The van der Waals surface area contributed by atoms with Gasteiger partial charge in [0.1, 0.15) is 0 Å². The van der Waals surface area contributed by atoms with E-state index in [2.05, 4.69) is 25.7 Å². The first-order valence-corrected chi connectivity index (χ1v) is 9.26. The van der Waals surface area contributed by atoms with Gasteiger partial charge >= 0.3 is 0 Å². The molecule has 0 radical (unpaired) electrons. The zero-order valence-corrected chi connectivity index (χ0v) is 15.7. The van der Waals surface area contributed by atoms with Crippen LogP contribution in [0.25, 0.3) is 0 Å². The summed E-state index contributed by atoms with van der Waals surface area (Å²) in [7, 11) is 0. The van der Waals surface area contributed by atoms with Crippen molar-refractivity contribution in [3.63, 3.8) is 0 Å². The van der Waals surface area contributed by atoms with Crippen molar-refractivity contribution in [1.82, 2.24) is 20.4 Å². The monoisotopic (exact) mass is 371 g/mol. The van der Waals surface area contributed by atoms with E-state index >= 15 is 0 Å². The third kappa shape index (κ3) is 5.13. The molecule has 1 aromatic heterocycles. The van der Waals surface area contributed by atoms with Crippen molar-refractivity contribution in [3.05, 3.63) is 41.5 Å². The fraction of sp³-hybridized carbons (Fsp3) is 0.474. The molecule has 27 heavy (non-hydrogen) atoms. The predicted octanol–water partition coefficient (Wildman–Crippen LogP) is 1.95. The van der Waals surface area contributed by atoms with Crippen molar-refractivity contribution in [2.45, 2.75) is 32.6 Å². The second kappa shape index (κ2) is 8.77. The highest BCUT2D eigenvalue weighted by molar-refractivity contribution is 5.97. The number of carbonyl (C=O) groups excluding carboxylic acids is 2. The Hall–Kier alpha value is -2.74. The van der Waals surface area contributed by atoms with Crippen LogP contribution in [0.15, 0.2) is 28.8 Å². The Kier molecular flexibility index (Phi) is 6.18. The van der Waals surface area contributed by atoms with Crippen LogP contribution < -0.4 is 10.6 Å². The van der Waals surface area contributed by atoms with Gasteiger partial charge < -0.3 is 15.2 Å². The molecular weight excluding hydrogens is 346 g/mol. The van der Waals surface area contributed by atoms with Crippen LogP contribution in [0.1, 0.15) is 47.8 Å². The van der Waals surface area contributed by atoms with Gasteiger partial charge in [0.15, 0.2) is 5.82 Å². The van der Waals surface area contributed by atoms with E-state index in [0.717, 1.165) is 25.9 Å². The highest BCUT2D eigenvalue weighted by Gasteiger charge is 2.25. The molecule has 0 aliphatic carbocycles. The van der Waals surface area contributed by atoms with E-state index in [-0.39, 0.29) is 17.7 Å². The van der Waals surface area contributed by atoms with Gasteiger partial charge in [-0.15, -0.1) is 0 Å². The number of hydrogen-bond acceptors (Lipinski definition) is 6. The molecule has 0 bridgehead atoms. The third-order valence-corrected chi connectivity index (χ3v) is 4.59. The Morgan fingerprint density at radius 3 is 2.74 bits per heavy atom. The summed E-state index contributed by atoms with van der Waals surface area (Å²) in [5, 5.41) is 9.47. The molecule has 1 aliphatic heterocycles. The first-order valence-electron chi connectivity index (χ1n) is 9.26. The molecule has 1 saturated heterocycles. The maximum Gasteiger partial charge on any atom is 0.251 e. The van der Waals surface area contributed by atoms with E-state index in [1.54, 1.807) is 24.3 Å². The SMILES string of the molecule is CCNC(=O)c1cccc(NC(=O)CN2CCC(c3nc(C)no3)CC2)c1. The molecule has 1 aliphatic rings. The average Bonchev–Trinajstić information content (AvgIpc) is 3.09. The first-order chi connectivity index (χ1) is 13.0. The highest BCUT2D eigenvalue weighted by Crippen LogP contribution is 2.26. The summed E-state index contributed by atoms with van der Waals surface area (Å²) in [6.45, 7) is 6.17. The van der Waals surface area contributed by atoms with E-state index in [9.17, 15) is 9.59 Å². The van der Waals surface area contributed by atoms with E-state index in [4.69, 9.17) is 4.52 Å². The van der Waals surface area contributed by atoms with Crippen LogP contribution in [0, 0.1) is 6.92 Å². The lowest BCUT2D eigenvalue weighted by molar-refractivity contribution is -0.117. The molecule has 0 spiro atoms. The standard InChI is InChI=1S/C19H25N5O3/c1-3-20-18(26)15-5-4-6-16(11-15)22-17(25)12-24-9-7-14(8-10-24)19-21-13(2)23-27-19/h4-6,11,14H,3,7-10,12H2,1-2H3,(H,20,26)(H,22,25). The molecule has 0 atom stereocenters. The number of nitrogens with one attached hydrogen (secondary N) is 2. The van der Waals surface area contributed by atoms with Gasteiger partial charge in [0.05, 0.1) is 6.54 Å². The molecule has 8 nitrogen and oxygen atoms in total. The van der Waals surface area contributed by atoms with Crippen LogP contribution in [0.5, 0.6) is 0 Å². The molecule has 2 amide bonds. The molecule has 0 unspecified atom stereocenters. The van der Waals surface area contributed by atoms with Crippen LogP contribution in [0.4, 0.5) is 5.69 Å². The Balaban J connectivity index is 1.49. The van der Waals surface area contributed by atoms with Gasteiger partial charge in [0, 0.05) is 23.7 Å². The molecule has 8 heteroatoms. The third-order valence-electron chi connectivity index (χ3n) is 4.59. The number of aryl methyl sites for hydroxylation is 1. The maximum absolute atomic E-state index is 12.3. The number of anilines is 1. The lowest BCUT2D eigenvalue weighted by atomic mass is 9.97. The lowest BCUT2D eigenvalue weighted by Crippen LogP contribution is -2.38. The zero-order valence-electron chi connectivity index (χ0n) is 15.7. The van der Waals surface area contributed by atoms with E-state index in [0.29, 0.717) is 36.1 Å². The van der Waals surface area contributed by atoms with Gasteiger partial charge in [-0.3, -0.25) is 14.5 Å². The van der Waals surface area contributed by atoms with Gasteiger partial charge in [-0.2, -0.15) is 4.98 Å². The molecule has 144 valence electrons. The predicted molar refractivity (Wildman–Crippen MR) is 101 cm³/mol. The van der Waals surface area contributed by atoms with Crippen molar-refractivity contribution in [1.29, 1.82) is 0 Å². The molecule has 2 aromatic rings. The maximum atomic E-state index is 12.3. The normalized spacial score (nSPS) is 15.5. The lowest BCUT2D eigenvalue weighted by Gasteiger charge is -2.29. The van der Waals surface area contributed by atoms with Gasteiger partial charge in [0.25, 0.3) is 5.91 Å². The summed E-state index contributed by atoms with van der Waals surface area (Å²) in [6.07, 6.45) is 1.78. The quantitative estimate of drug-likeness (QED) is 0.805. The molecule has 1 aromatic carbocycles. The summed E-state index contributed by atoms with van der Waals surface area (Å²) in [5.74, 6) is 1.38. The van der Waals surface area contributed by atoms with Crippen molar-refractivity contribution in [2.75, 3.05) is 31.5 Å². The second-order valence-corrected chi connectivity index (χ2v) is 6.72. The van der Waals surface area contributed by atoms with Crippen LogP contribution in [-0.2, 0) is 4.79 Å². The van der Waals surface area contributed by atoms with E-state index in [1.807, 2.05) is 13.8 Å². The van der Waals surface area contributed by atoms with Crippen molar-refractivity contribution >= 4 is 17.5 Å². The topological polar surface area (TPSA) is 100 Å². The van der Waals surface area contributed by atoms with Gasteiger partial charge in [-0.05, 0) is 58.0 Å². The number of piperidine rings is 1. The van der Waals surface area contributed by atoms with Gasteiger partial charge in [0.2, 0.25) is 11.8 Å². The van der Waals surface area contributed by atoms with Crippen molar-refractivity contribution < 1.29 is 14.1 Å². The van der Waals surface area contributed by atoms with Crippen molar-refractivity contribution in [2.24, 2.45) is 0 Å². The molecule has 3 rings (SSSR count). The number of nitrogens with zero attached hydrogens (tertiary/aromatic N) is 3. The van der Waals surface area contributed by atoms with Crippen molar-refractivity contribution in [3.8, 4) is 0 Å². The molecular formula is C19H25N5O3. The zero-order chi connectivity index (χ0) is 19.2. The first kappa shape index (κ1) is 19.0. The minimum Gasteiger partial charge on any atom is -0.352 e. The molecule has 1 fully saturated rings. The number of amides is 2. The number of hydrogen-bond donors (Lipinski definition) is 2. The number of benzene rings is 1. The van der Waals surface area contributed by atoms with Crippen LogP contribution in [-0.4, -0.2) is 53.0 Å². The molecule has 0 saturated carbocycles. The molecule has 2 heterocycles. The van der Waals surface area contributed by atoms with Crippen LogP contribution in [0.3, 0.4) is 0 Å². The average molecular weight is 371 g/mol. The number of rotatable bonds is 6. The van der Waals surface area contributed by atoms with E-state index in [1.165, 1.54) is 0 Å². The summed E-state index contributed by atoms with van der Waals surface area (Å²) in [4.78, 5) is 30.7. The Morgan fingerprint density at radius 1 is 1.30 bits per heavy atom. The number of carbonyl (C=O) groups is 2. The largest absolute Gasteiger partial charge is 0.352 e. The fourth-order valence-corrected chi connectivity index (χ4v) is 3.22. The smallest absolute Gasteiger partial charge is 0.251 e. The Morgan fingerprint density at radius 2 is 2.07 bits per heavy atom. The fourth-order valence-electron chi connectivity index (χ4n) is 3.22. The summed E-state index contributed by atoms with van der Waals surface area (Å²) < 4.78 is 5.26. The molecule has 2 N–H and O–H groups in total. The minimum atomic E-state index is -0.146. The van der Waals surface area contributed by atoms with Gasteiger partial charge in [-0.25, -0.2) is 0 Å². The minimum absolute atomic E-state index is 0.0878. The van der Waals surface area contributed by atoms with Gasteiger partial charge in [-0.1, -0.05) is 11.2 Å². The summed E-state index contributed by atoms with van der Waals surface area (Å²) in [6, 6.07) is 6.96. The number of aromatic nitrogens is 2. The highest BCUT2D eigenvalue weighted by atomic mass is 16.5. The van der Waals surface area contributed by atoms with E-state index < -0.39 is 0 Å².